The van der Waals surface area contributed by atoms with Crippen LogP contribution in [0.5, 0.6) is 5.75 Å². The van der Waals surface area contributed by atoms with Crippen molar-refractivity contribution >= 4 is 16.8 Å². The molecule has 1 atom stereocenters. The van der Waals surface area contributed by atoms with E-state index in [0.29, 0.717) is 5.56 Å². The van der Waals surface area contributed by atoms with Crippen molar-refractivity contribution in [3.63, 3.8) is 0 Å². The Labute approximate surface area is 105 Å². The van der Waals surface area contributed by atoms with E-state index in [1.54, 1.807) is 24.3 Å². The summed E-state index contributed by atoms with van der Waals surface area (Å²) in [6.45, 7) is 0.756. The summed E-state index contributed by atoms with van der Waals surface area (Å²) in [7, 11) is 0. The van der Waals surface area contributed by atoms with Gasteiger partial charge in [-0.3, -0.25) is 0 Å². The highest BCUT2D eigenvalue weighted by molar-refractivity contribution is 6.69. The zero-order valence-electron chi connectivity index (χ0n) is 9.30. The summed E-state index contributed by atoms with van der Waals surface area (Å²) in [6.07, 6.45) is 2.99. The quantitative estimate of drug-likeness (QED) is 0.513. The van der Waals surface area contributed by atoms with E-state index in [-0.39, 0.29) is 11.5 Å². The van der Waals surface area contributed by atoms with Crippen LogP contribution in [0, 0.1) is 0 Å². The monoisotopic (exact) mass is 255 g/mol. The Morgan fingerprint density at radius 2 is 2.12 bits per heavy atom. The lowest BCUT2D eigenvalue weighted by atomic mass is 10.2. The molecule has 1 aromatic rings. The molecule has 1 saturated heterocycles. The molecule has 0 aromatic heterocycles. The summed E-state index contributed by atoms with van der Waals surface area (Å²) in [5.74, 6) is 0.725. The minimum absolute atomic E-state index is 0.0606. The topological polar surface area (TPSA) is 51.1 Å². The van der Waals surface area contributed by atoms with E-state index in [1.165, 1.54) is 0 Å². The Morgan fingerprint density at radius 1 is 1.35 bits per heavy atom. The Morgan fingerprint density at radius 3 is 2.71 bits per heavy atom. The van der Waals surface area contributed by atoms with Gasteiger partial charge in [-0.25, -0.2) is 0 Å². The molecule has 1 aliphatic rings. The van der Waals surface area contributed by atoms with Gasteiger partial charge in [0.1, 0.15) is 5.75 Å². The van der Waals surface area contributed by atoms with E-state index in [1.807, 2.05) is 0 Å². The normalized spacial score (nSPS) is 21.2. The van der Waals surface area contributed by atoms with Gasteiger partial charge in [0.2, 0.25) is 0 Å². The van der Waals surface area contributed by atoms with E-state index >= 15 is 0 Å². The predicted molar refractivity (Wildman–Crippen MR) is 64.8 cm³/mol. The fourth-order valence-corrected chi connectivity index (χ4v) is 1.81. The third-order valence-corrected chi connectivity index (χ3v) is 2.88. The number of rotatable bonds is 3. The highest BCUT2D eigenvalue weighted by atomic mass is 35.5. The van der Waals surface area contributed by atoms with E-state index in [2.05, 4.69) is 5.16 Å². The molecule has 0 bridgehead atoms. The maximum Gasteiger partial charge on any atom is 0.199 e. The van der Waals surface area contributed by atoms with E-state index in [9.17, 15) is 0 Å². The molecular weight excluding hydrogens is 242 g/mol. The van der Waals surface area contributed by atoms with Gasteiger partial charge in [-0.15, -0.1) is 0 Å². The average Bonchev–Trinajstić information content (AvgIpc) is 2.40. The predicted octanol–water partition coefficient (Wildman–Crippen LogP) is 2.97. The Kier molecular flexibility index (Phi) is 4.23. The average molecular weight is 256 g/mol. The molecule has 5 heteroatoms. The molecule has 17 heavy (non-hydrogen) atoms. The number of ether oxygens (including phenoxy) is 2. The molecule has 92 valence electrons. The van der Waals surface area contributed by atoms with Crippen LogP contribution >= 0.6 is 11.6 Å². The molecule has 0 radical (unpaired) electrons. The molecule has 0 aliphatic carbocycles. The Hall–Kier alpha value is -1.26. The van der Waals surface area contributed by atoms with Crippen LogP contribution in [0.1, 0.15) is 24.8 Å². The van der Waals surface area contributed by atoms with Gasteiger partial charge in [0.25, 0.3) is 0 Å². The number of nitrogens with zero attached hydrogens (tertiary/aromatic N) is 1. The van der Waals surface area contributed by atoms with Crippen molar-refractivity contribution in [3.8, 4) is 5.75 Å². The van der Waals surface area contributed by atoms with Crippen molar-refractivity contribution in [2.24, 2.45) is 5.16 Å². The molecule has 0 saturated carbocycles. The van der Waals surface area contributed by atoms with Crippen LogP contribution in [-0.4, -0.2) is 23.3 Å². The molecule has 2 rings (SSSR count). The first-order chi connectivity index (χ1) is 8.29. The van der Waals surface area contributed by atoms with Crippen LogP contribution in [0.3, 0.4) is 0 Å². The molecule has 1 unspecified atom stereocenters. The molecule has 0 spiro atoms. The second-order valence-electron chi connectivity index (χ2n) is 3.83. The van der Waals surface area contributed by atoms with Crippen LogP contribution in [0.15, 0.2) is 29.4 Å². The fourth-order valence-electron chi connectivity index (χ4n) is 1.68. The van der Waals surface area contributed by atoms with Gasteiger partial charge in [-0.05, 0) is 37.1 Å². The first-order valence-corrected chi connectivity index (χ1v) is 5.93. The SMILES string of the molecule is O/N=C(/Cl)c1ccc(OC2CCCCO2)cc1. The number of oxime groups is 1. The zero-order chi connectivity index (χ0) is 12.1. The highest BCUT2D eigenvalue weighted by Crippen LogP contribution is 2.20. The van der Waals surface area contributed by atoms with Gasteiger partial charge >= 0.3 is 0 Å². The molecule has 1 aromatic carbocycles. The van der Waals surface area contributed by atoms with Crippen LogP contribution in [0.25, 0.3) is 0 Å². The summed E-state index contributed by atoms with van der Waals surface area (Å²) < 4.78 is 11.1. The zero-order valence-corrected chi connectivity index (χ0v) is 10.1. The van der Waals surface area contributed by atoms with Gasteiger partial charge < -0.3 is 14.7 Å². The number of hydrogen-bond acceptors (Lipinski definition) is 4. The number of halogens is 1. The standard InChI is InChI=1S/C12H14ClNO3/c13-12(14-15)9-4-6-10(7-5-9)17-11-3-1-2-8-16-11/h4-7,11,15H,1-3,8H2/b14-12+. The number of hydrogen-bond donors (Lipinski definition) is 1. The summed E-state index contributed by atoms with van der Waals surface area (Å²) in [4.78, 5) is 0. The van der Waals surface area contributed by atoms with E-state index < -0.39 is 0 Å². The van der Waals surface area contributed by atoms with Gasteiger partial charge in [0.15, 0.2) is 11.5 Å². The fraction of sp³-hybridized carbons (Fsp3) is 0.417. The second-order valence-corrected chi connectivity index (χ2v) is 4.19. The van der Waals surface area contributed by atoms with Gasteiger partial charge in [0, 0.05) is 12.0 Å². The minimum Gasteiger partial charge on any atom is -0.465 e. The molecule has 1 fully saturated rings. The van der Waals surface area contributed by atoms with Crippen LogP contribution in [0.2, 0.25) is 0 Å². The third kappa shape index (κ3) is 3.35. The molecule has 4 nitrogen and oxygen atoms in total. The summed E-state index contributed by atoms with van der Waals surface area (Å²) in [5, 5.41) is 11.5. The van der Waals surface area contributed by atoms with Crippen LogP contribution in [-0.2, 0) is 4.74 Å². The first kappa shape index (κ1) is 12.2. The van der Waals surface area contributed by atoms with E-state index in [4.69, 9.17) is 26.3 Å². The Balaban J connectivity index is 1.97. The lowest BCUT2D eigenvalue weighted by Gasteiger charge is -2.23. The van der Waals surface area contributed by atoms with Crippen LogP contribution < -0.4 is 4.74 Å². The molecule has 1 N–H and O–H groups in total. The maximum atomic E-state index is 8.52. The van der Waals surface area contributed by atoms with Crippen molar-refractivity contribution in [1.82, 2.24) is 0 Å². The smallest absolute Gasteiger partial charge is 0.199 e. The highest BCUT2D eigenvalue weighted by Gasteiger charge is 2.15. The van der Waals surface area contributed by atoms with Crippen molar-refractivity contribution in [3.05, 3.63) is 29.8 Å². The van der Waals surface area contributed by atoms with Crippen molar-refractivity contribution in [2.45, 2.75) is 25.6 Å². The summed E-state index contributed by atoms with van der Waals surface area (Å²) in [6, 6.07) is 7.03. The second kappa shape index (κ2) is 5.89. The lowest BCUT2D eigenvalue weighted by molar-refractivity contribution is -0.105. The summed E-state index contributed by atoms with van der Waals surface area (Å²) >= 11 is 5.67. The van der Waals surface area contributed by atoms with Gasteiger partial charge in [-0.2, -0.15) is 0 Å². The van der Waals surface area contributed by atoms with Crippen molar-refractivity contribution in [2.75, 3.05) is 6.61 Å². The minimum atomic E-state index is -0.156. The maximum absolute atomic E-state index is 8.52. The van der Waals surface area contributed by atoms with Crippen LogP contribution in [0.4, 0.5) is 0 Å². The largest absolute Gasteiger partial charge is 0.465 e. The summed E-state index contributed by atoms with van der Waals surface area (Å²) in [5.41, 5.74) is 0.645. The number of benzene rings is 1. The lowest BCUT2D eigenvalue weighted by Crippen LogP contribution is -2.24. The van der Waals surface area contributed by atoms with Crippen molar-refractivity contribution < 1.29 is 14.7 Å². The molecule has 1 aliphatic heterocycles. The Bertz CT molecular complexity index is 385. The first-order valence-electron chi connectivity index (χ1n) is 5.56. The van der Waals surface area contributed by atoms with Gasteiger partial charge in [0.05, 0.1) is 6.61 Å². The third-order valence-electron chi connectivity index (χ3n) is 2.59. The molecule has 1 heterocycles. The van der Waals surface area contributed by atoms with Gasteiger partial charge in [-0.1, -0.05) is 16.8 Å². The van der Waals surface area contributed by atoms with Crippen molar-refractivity contribution in [1.29, 1.82) is 0 Å². The molecular formula is C12H14ClNO3. The van der Waals surface area contributed by atoms with E-state index in [0.717, 1.165) is 31.6 Å². The molecule has 0 amide bonds.